The van der Waals surface area contributed by atoms with E-state index in [1.54, 1.807) is 35.2 Å². The zero-order chi connectivity index (χ0) is 28.0. The minimum Gasteiger partial charge on any atom is -0.441 e. The van der Waals surface area contributed by atoms with Gasteiger partial charge < -0.3 is 9.64 Å². The summed E-state index contributed by atoms with van der Waals surface area (Å²) < 4.78 is 72.5. The van der Waals surface area contributed by atoms with Crippen molar-refractivity contribution >= 4 is 22.0 Å². The number of nitriles is 1. The van der Waals surface area contributed by atoms with Gasteiger partial charge in [0.1, 0.15) is 5.60 Å². The topological polar surface area (TPSA) is 111 Å². The molecule has 1 spiro atoms. The first-order valence-corrected chi connectivity index (χ1v) is 13.8. The number of halogens is 3. The van der Waals surface area contributed by atoms with E-state index in [-0.39, 0.29) is 37.5 Å². The van der Waals surface area contributed by atoms with Crippen molar-refractivity contribution in [1.29, 1.82) is 5.26 Å². The number of rotatable bonds is 4. The smallest absolute Gasteiger partial charge is 0.441 e. The molecule has 0 radical (unpaired) electrons. The molecule has 2 fully saturated rings. The number of hydrogen-bond acceptors (Lipinski definition) is 6. The first kappa shape index (κ1) is 27.0. The number of carbonyl (C=O) groups is 2. The molecule has 0 aromatic heterocycles. The molecule has 0 atom stereocenters. The maximum atomic E-state index is 13.4. The van der Waals surface area contributed by atoms with Gasteiger partial charge in [-0.05, 0) is 47.4 Å². The lowest BCUT2D eigenvalue weighted by Crippen LogP contribution is -2.48. The summed E-state index contributed by atoms with van der Waals surface area (Å²) in [6.45, 7) is 0.419. The maximum absolute atomic E-state index is 13.4. The van der Waals surface area contributed by atoms with Gasteiger partial charge in [0.05, 0.1) is 23.1 Å². The highest BCUT2D eigenvalue weighted by Crippen LogP contribution is 2.36. The molecule has 3 heterocycles. The zero-order valence-corrected chi connectivity index (χ0v) is 21.6. The average Bonchev–Trinajstić information content (AvgIpc) is 3.21. The largest absolute Gasteiger partial charge is 0.471 e. The van der Waals surface area contributed by atoms with Crippen LogP contribution in [0.5, 0.6) is 0 Å². The van der Waals surface area contributed by atoms with Gasteiger partial charge in [0, 0.05) is 45.6 Å². The van der Waals surface area contributed by atoms with Crippen molar-refractivity contribution in [3.63, 3.8) is 0 Å². The van der Waals surface area contributed by atoms with E-state index >= 15 is 0 Å². The van der Waals surface area contributed by atoms with Crippen LogP contribution < -0.4 is 0 Å². The van der Waals surface area contributed by atoms with Crippen LogP contribution in [0, 0.1) is 11.3 Å². The van der Waals surface area contributed by atoms with E-state index in [1.165, 1.54) is 16.4 Å². The minimum absolute atomic E-state index is 0.0515. The molecular formula is C26H25F3N4O5S. The van der Waals surface area contributed by atoms with Crippen LogP contribution in [0.3, 0.4) is 0 Å². The first-order chi connectivity index (χ1) is 18.4. The van der Waals surface area contributed by atoms with Crippen LogP contribution in [0.1, 0.15) is 35.1 Å². The molecule has 3 aliphatic heterocycles. The van der Waals surface area contributed by atoms with Gasteiger partial charge in [-0.3, -0.25) is 9.69 Å². The number of nitrogens with zero attached hydrogens (tertiary/aromatic N) is 4. The molecule has 0 aliphatic carbocycles. The Bertz CT molecular complexity index is 1450. The molecule has 0 bridgehead atoms. The van der Waals surface area contributed by atoms with Gasteiger partial charge in [0.15, 0.2) is 0 Å². The fraction of sp³-hybridized carbons (Fsp3) is 0.423. The van der Waals surface area contributed by atoms with Crippen molar-refractivity contribution < 1.29 is 35.9 Å². The van der Waals surface area contributed by atoms with Crippen LogP contribution >= 0.6 is 0 Å². The normalized spacial score (nSPS) is 19.5. The van der Waals surface area contributed by atoms with E-state index < -0.39 is 33.8 Å². The Morgan fingerprint density at radius 3 is 2.38 bits per heavy atom. The van der Waals surface area contributed by atoms with E-state index in [0.717, 1.165) is 5.56 Å². The summed E-state index contributed by atoms with van der Waals surface area (Å²) >= 11 is 0. The van der Waals surface area contributed by atoms with Crippen LogP contribution in [0.25, 0.3) is 0 Å². The Hall–Kier alpha value is -3.63. The predicted octanol–water partition coefficient (Wildman–Crippen LogP) is 3.18. The second-order valence-corrected chi connectivity index (χ2v) is 12.0. The second kappa shape index (κ2) is 9.84. The van der Waals surface area contributed by atoms with E-state index in [9.17, 15) is 31.2 Å². The Morgan fingerprint density at radius 1 is 1.05 bits per heavy atom. The molecule has 13 heteroatoms. The van der Waals surface area contributed by atoms with E-state index in [0.29, 0.717) is 47.5 Å². The SMILES string of the molecule is N#Cc1ccc(CN2CC3(CCN(S(=O)(=O)c4ccc5c(c4)CN(C(=O)C(F)(F)F)CC5)CC3)OC2=O)cc1. The highest BCUT2D eigenvalue weighted by Gasteiger charge is 2.48. The lowest BCUT2D eigenvalue weighted by atomic mass is 9.92. The number of piperidine rings is 1. The minimum atomic E-state index is -4.99. The van der Waals surface area contributed by atoms with Gasteiger partial charge in [-0.15, -0.1) is 0 Å². The molecule has 0 N–H and O–H groups in total. The Kier molecular flexibility index (Phi) is 6.80. The van der Waals surface area contributed by atoms with Crippen LogP contribution in [0.2, 0.25) is 0 Å². The van der Waals surface area contributed by atoms with Gasteiger partial charge >= 0.3 is 18.2 Å². The van der Waals surface area contributed by atoms with Crippen molar-refractivity contribution in [3.8, 4) is 6.07 Å². The van der Waals surface area contributed by atoms with Gasteiger partial charge in [0.2, 0.25) is 10.0 Å². The molecular weight excluding hydrogens is 537 g/mol. The number of fused-ring (bicyclic) bond motifs is 1. The lowest BCUT2D eigenvalue weighted by molar-refractivity contribution is -0.186. The molecule has 206 valence electrons. The second-order valence-electron chi connectivity index (χ2n) is 10.0. The average molecular weight is 563 g/mol. The first-order valence-electron chi connectivity index (χ1n) is 12.4. The number of sulfonamides is 1. The maximum Gasteiger partial charge on any atom is 0.471 e. The van der Waals surface area contributed by atoms with E-state index in [1.807, 2.05) is 6.07 Å². The lowest BCUT2D eigenvalue weighted by Gasteiger charge is -2.37. The Labute approximate surface area is 223 Å². The predicted molar refractivity (Wildman–Crippen MR) is 130 cm³/mol. The van der Waals surface area contributed by atoms with Crippen LogP contribution in [0.15, 0.2) is 47.4 Å². The highest BCUT2D eigenvalue weighted by atomic mass is 32.2. The van der Waals surface area contributed by atoms with Crippen molar-refractivity contribution in [3.05, 3.63) is 64.7 Å². The number of benzene rings is 2. The van der Waals surface area contributed by atoms with Gasteiger partial charge in [-0.2, -0.15) is 22.7 Å². The van der Waals surface area contributed by atoms with Crippen molar-refractivity contribution in [1.82, 2.24) is 14.1 Å². The number of ether oxygens (including phenoxy) is 1. The fourth-order valence-electron chi connectivity index (χ4n) is 5.31. The molecule has 9 nitrogen and oxygen atoms in total. The van der Waals surface area contributed by atoms with Crippen LogP contribution in [0.4, 0.5) is 18.0 Å². The molecule has 3 aliphatic rings. The summed E-state index contributed by atoms with van der Waals surface area (Å²) in [6, 6.07) is 13.3. The molecule has 5 rings (SSSR count). The zero-order valence-electron chi connectivity index (χ0n) is 20.8. The molecule has 0 unspecified atom stereocenters. The molecule has 2 aromatic rings. The molecule has 0 saturated carbocycles. The summed E-state index contributed by atoms with van der Waals surface area (Å²) in [6.07, 6.45) is -4.69. The standard InChI is InChI=1S/C26H25F3N4O5S/c27-26(28,29)23(34)31-10-7-20-5-6-22(13-21(20)16-31)39(36,37)33-11-8-25(9-12-33)17-32(24(35)38-25)15-19-3-1-18(14-30)2-4-19/h1-6,13H,7-12,15-17H2. The Balaban J connectivity index is 1.24. The van der Waals surface area contributed by atoms with Gasteiger partial charge in [-0.25, -0.2) is 13.2 Å². The van der Waals surface area contributed by atoms with Crippen molar-refractivity contribution in [2.45, 2.75) is 49.0 Å². The van der Waals surface area contributed by atoms with Crippen LogP contribution in [-0.4, -0.2) is 72.5 Å². The summed E-state index contributed by atoms with van der Waals surface area (Å²) in [7, 11) is -3.96. The third kappa shape index (κ3) is 5.31. The van der Waals surface area contributed by atoms with E-state index in [2.05, 4.69) is 0 Å². The highest BCUT2D eigenvalue weighted by molar-refractivity contribution is 7.89. The molecule has 39 heavy (non-hydrogen) atoms. The van der Waals surface area contributed by atoms with Gasteiger partial charge in [0.25, 0.3) is 0 Å². The summed E-state index contributed by atoms with van der Waals surface area (Å²) in [5, 5.41) is 8.95. The fourth-order valence-corrected chi connectivity index (χ4v) is 6.80. The quantitative estimate of drug-likeness (QED) is 0.566. The Morgan fingerprint density at radius 2 is 1.74 bits per heavy atom. The number of amides is 2. The van der Waals surface area contributed by atoms with Gasteiger partial charge in [-0.1, -0.05) is 18.2 Å². The number of carbonyl (C=O) groups excluding carboxylic acids is 2. The summed E-state index contributed by atoms with van der Waals surface area (Å²) in [5.74, 6) is -1.94. The van der Waals surface area contributed by atoms with E-state index in [4.69, 9.17) is 10.00 Å². The summed E-state index contributed by atoms with van der Waals surface area (Å²) in [5.41, 5.74) is 1.61. The number of alkyl halides is 3. The van der Waals surface area contributed by atoms with Crippen molar-refractivity contribution in [2.75, 3.05) is 26.2 Å². The third-order valence-electron chi connectivity index (χ3n) is 7.49. The molecule has 2 saturated heterocycles. The monoisotopic (exact) mass is 562 g/mol. The molecule has 2 amide bonds. The summed E-state index contributed by atoms with van der Waals surface area (Å²) in [4.78, 5) is 26.4. The number of hydrogen-bond donors (Lipinski definition) is 0. The molecule has 2 aromatic carbocycles. The van der Waals surface area contributed by atoms with Crippen LogP contribution in [-0.2, 0) is 39.1 Å². The van der Waals surface area contributed by atoms with Crippen molar-refractivity contribution in [2.24, 2.45) is 0 Å². The third-order valence-corrected chi connectivity index (χ3v) is 9.38.